The summed E-state index contributed by atoms with van der Waals surface area (Å²) in [6.07, 6.45) is 0. The van der Waals surface area contributed by atoms with Gasteiger partial charge in [0, 0.05) is 22.9 Å². The van der Waals surface area contributed by atoms with Gasteiger partial charge in [-0.3, -0.25) is 4.79 Å². The first-order valence-corrected chi connectivity index (χ1v) is 9.26. The van der Waals surface area contributed by atoms with Crippen LogP contribution in [0.15, 0.2) is 71.3 Å². The number of carbonyl (C=O) groups is 1. The number of carbonyl (C=O) groups excluding carboxylic acids is 1. The zero-order valence-corrected chi connectivity index (χ0v) is 16.1. The van der Waals surface area contributed by atoms with Crippen LogP contribution in [-0.2, 0) is 0 Å². The summed E-state index contributed by atoms with van der Waals surface area (Å²) in [4.78, 5) is 12.8. The Morgan fingerprint density at radius 2 is 1.86 bits per heavy atom. The van der Waals surface area contributed by atoms with E-state index < -0.39 is 0 Å². The molecule has 0 aliphatic heterocycles. The standard InChI is InChI=1S/C23H20N2O4/c1-3-28-20-12-10-17(14-21(20)27-2)24-23(26)16-9-11-19-18(13-16)22(29-25-19)15-7-5-4-6-8-15/h4-14H,3H2,1-2H3,(H,24,26). The quantitative estimate of drug-likeness (QED) is 0.494. The van der Waals surface area contributed by atoms with Crippen LogP contribution >= 0.6 is 0 Å². The Kier molecular flexibility index (Phi) is 5.16. The molecule has 4 rings (SSSR count). The molecule has 0 fully saturated rings. The van der Waals surface area contributed by atoms with Crippen molar-refractivity contribution >= 4 is 22.5 Å². The van der Waals surface area contributed by atoms with E-state index in [0.29, 0.717) is 40.6 Å². The highest BCUT2D eigenvalue weighted by Gasteiger charge is 2.15. The highest BCUT2D eigenvalue weighted by atomic mass is 16.5. The highest BCUT2D eigenvalue weighted by Crippen LogP contribution is 2.31. The van der Waals surface area contributed by atoms with Crippen molar-refractivity contribution in [2.45, 2.75) is 6.92 Å². The molecule has 3 aromatic carbocycles. The zero-order chi connectivity index (χ0) is 20.2. The number of fused-ring (bicyclic) bond motifs is 1. The average molecular weight is 388 g/mol. The Labute approximate surface area is 168 Å². The van der Waals surface area contributed by atoms with Crippen LogP contribution in [0.3, 0.4) is 0 Å². The summed E-state index contributed by atoms with van der Waals surface area (Å²) in [5.74, 6) is 1.59. The summed E-state index contributed by atoms with van der Waals surface area (Å²) in [6.45, 7) is 2.43. The number of benzene rings is 3. The van der Waals surface area contributed by atoms with Crippen molar-refractivity contribution in [1.29, 1.82) is 0 Å². The van der Waals surface area contributed by atoms with Crippen molar-refractivity contribution in [3.05, 3.63) is 72.3 Å². The molecule has 0 bridgehead atoms. The fourth-order valence-electron chi connectivity index (χ4n) is 3.10. The lowest BCUT2D eigenvalue weighted by Crippen LogP contribution is -2.12. The van der Waals surface area contributed by atoms with E-state index in [1.807, 2.05) is 37.3 Å². The lowest BCUT2D eigenvalue weighted by atomic mass is 10.1. The number of hydrogen-bond donors (Lipinski definition) is 1. The van der Waals surface area contributed by atoms with Gasteiger partial charge >= 0.3 is 0 Å². The summed E-state index contributed by atoms with van der Waals surface area (Å²) in [5.41, 5.74) is 2.72. The second-order valence-corrected chi connectivity index (χ2v) is 6.36. The van der Waals surface area contributed by atoms with Crippen molar-refractivity contribution in [2.24, 2.45) is 0 Å². The van der Waals surface area contributed by atoms with Gasteiger partial charge in [-0.15, -0.1) is 0 Å². The molecule has 29 heavy (non-hydrogen) atoms. The SMILES string of the molecule is CCOc1ccc(NC(=O)c2ccc3noc(-c4ccccc4)c3c2)cc1OC. The number of rotatable bonds is 6. The van der Waals surface area contributed by atoms with Gasteiger partial charge in [0.05, 0.1) is 19.1 Å². The molecule has 0 aliphatic rings. The van der Waals surface area contributed by atoms with Crippen molar-refractivity contribution in [2.75, 3.05) is 19.0 Å². The van der Waals surface area contributed by atoms with Crippen molar-refractivity contribution in [3.63, 3.8) is 0 Å². The third kappa shape index (κ3) is 3.78. The maximum absolute atomic E-state index is 12.8. The molecular formula is C23H20N2O4. The van der Waals surface area contributed by atoms with Gasteiger partial charge in [-0.2, -0.15) is 0 Å². The number of anilines is 1. The maximum atomic E-state index is 12.8. The molecule has 4 aromatic rings. The van der Waals surface area contributed by atoms with Gasteiger partial charge < -0.3 is 19.3 Å². The van der Waals surface area contributed by atoms with Crippen LogP contribution < -0.4 is 14.8 Å². The fourth-order valence-corrected chi connectivity index (χ4v) is 3.10. The van der Waals surface area contributed by atoms with Crippen LogP contribution in [-0.4, -0.2) is 24.8 Å². The zero-order valence-electron chi connectivity index (χ0n) is 16.1. The number of methoxy groups -OCH3 is 1. The summed E-state index contributed by atoms with van der Waals surface area (Å²) in [5, 5.41) is 7.77. The molecule has 1 amide bonds. The van der Waals surface area contributed by atoms with E-state index in [4.69, 9.17) is 14.0 Å². The van der Waals surface area contributed by atoms with Gasteiger partial charge in [0.1, 0.15) is 5.52 Å². The monoisotopic (exact) mass is 388 g/mol. The molecule has 0 radical (unpaired) electrons. The molecule has 0 aliphatic carbocycles. The fraction of sp³-hybridized carbons (Fsp3) is 0.130. The Morgan fingerprint density at radius 1 is 1.03 bits per heavy atom. The maximum Gasteiger partial charge on any atom is 0.255 e. The molecule has 1 aromatic heterocycles. The number of hydrogen-bond acceptors (Lipinski definition) is 5. The topological polar surface area (TPSA) is 73.6 Å². The largest absolute Gasteiger partial charge is 0.493 e. The number of aromatic nitrogens is 1. The molecule has 1 N–H and O–H groups in total. The van der Waals surface area contributed by atoms with Gasteiger partial charge in [0.2, 0.25) is 0 Å². The summed E-state index contributed by atoms with van der Waals surface area (Å²) in [7, 11) is 1.56. The lowest BCUT2D eigenvalue weighted by Gasteiger charge is -2.12. The van der Waals surface area contributed by atoms with E-state index in [9.17, 15) is 4.79 Å². The van der Waals surface area contributed by atoms with Gasteiger partial charge in [-0.25, -0.2) is 0 Å². The molecule has 0 saturated carbocycles. The van der Waals surface area contributed by atoms with Crippen molar-refractivity contribution < 1.29 is 18.8 Å². The van der Waals surface area contributed by atoms with E-state index in [1.165, 1.54) is 0 Å². The number of amides is 1. The Hall–Kier alpha value is -3.80. The van der Waals surface area contributed by atoms with E-state index in [1.54, 1.807) is 43.5 Å². The Balaban J connectivity index is 1.62. The first kappa shape index (κ1) is 18.6. The van der Waals surface area contributed by atoms with Gasteiger partial charge in [-0.05, 0) is 37.3 Å². The molecule has 1 heterocycles. The molecule has 0 unspecified atom stereocenters. The average Bonchev–Trinajstić information content (AvgIpc) is 3.19. The molecule has 0 spiro atoms. The van der Waals surface area contributed by atoms with E-state index in [0.717, 1.165) is 10.9 Å². The second-order valence-electron chi connectivity index (χ2n) is 6.36. The molecule has 0 saturated heterocycles. The predicted molar refractivity (Wildman–Crippen MR) is 112 cm³/mol. The van der Waals surface area contributed by atoms with Gasteiger partial charge in [0.15, 0.2) is 17.3 Å². The third-order valence-electron chi connectivity index (χ3n) is 4.50. The lowest BCUT2D eigenvalue weighted by molar-refractivity contribution is 0.102. The van der Waals surface area contributed by atoms with E-state index >= 15 is 0 Å². The third-order valence-corrected chi connectivity index (χ3v) is 4.50. The van der Waals surface area contributed by atoms with Crippen LogP contribution in [0, 0.1) is 0 Å². The number of nitrogens with one attached hydrogen (secondary N) is 1. The van der Waals surface area contributed by atoms with Gasteiger partial charge in [0.25, 0.3) is 5.91 Å². The molecular weight excluding hydrogens is 368 g/mol. The molecule has 6 heteroatoms. The predicted octanol–water partition coefficient (Wildman–Crippen LogP) is 5.15. The second kappa shape index (κ2) is 8.06. The number of nitrogens with zero attached hydrogens (tertiary/aromatic N) is 1. The number of ether oxygens (including phenoxy) is 2. The van der Waals surface area contributed by atoms with Crippen molar-refractivity contribution in [3.8, 4) is 22.8 Å². The van der Waals surface area contributed by atoms with Crippen LogP contribution in [0.5, 0.6) is 11.5 Å². The van der Waals surface area contributed by atoms with Crippen LogP contribution in [0.2, 0.25) is 0 Å². The van der Waals surface area contributed by atoms with Crippen LogP contribution in [0.25, 0.3) is 22.2 Å². The first-order valence-electron chi connectivity index (χ1n) is 9.26. The Bertz CT molecular complexity index is 1150. The Morgan fingerprint density at radius 3 is 2.62 bits per heavy atom. The highest BCUT2D eigenvalue weighted by molar-refractivity contribution is 6.07. The molecule has 0 atom stereocenters. The van der Waals surface area contributed by atoms with E-state index in [-0.39, 0.29) is 5.91 Å². The van der Waals surface area contributed by atoms with Crippen LogP contribution in [0.1, 0.15) is 17.3 Å². The normalized spacial score (nSPS) is 10.7. The first-order chi connectivity index (χ1) is 14.2. The summed E-state index contributed by atoms with van der Waals surface area (Å²) >= 11 is 0. The van der Waals surface area contributed by atoms with E-state index in [2.05, 4.69) is 10.5 Å². The van der Waals surface area contributed by atoms with Crippen molar-refractivity contribution in [1.82, 2.24) is 5.16 Å². The van der Waals surface area contributed by atoms with Gasteiger partial charge in [-0.1, -0.05) is 35.5 Å². The minimum absolute atomic E-state index is 0.238. The minimum Gasteiger partial charge on any atom is -0.493 e. The summed E-state index contributed by atoms with van der Waals surface area (Å²) < 4.78 is 16.4. The molecule has 146 valence electrons. The summed E-state index contributed by atoms with van der Waals surface area (Å²) in [6, 6.07) is 20.3. The molecule has 6 nitrogen and oxygen atoms in total. The minimum atomic E-state index is -0.238. The van der Waals surface area contributed by atoms with Crippen LogP contribution in [0.4, 0.5) is 5.69 Å². The smallest absolute Gasteiger partial charge is 0.255 e.